The summed E-state index contributed by atoms with van der Waals surface area (Å²) in [6.45, 7) is 0.795. The Balaban J connectivity index is 1.05. The first-order chi connectivity index (χ1) is 29.8. The number of hydrogen-bond acceptors (Lipinski definition) is 9. The largest absolute Gasteiger partial charge is 0.457 e. The Labute approximate surface area is 355 Å². The van der Waals surface area contributed by atoms with Gasteiger partial charge in [0.25, 0.3) is 0 Å². The van der Waals surface area contributed by atoms with E-state index in [9.17, 15) is 0 Å². The molecule has 0 heterocycles. The van der Waals surface area contributed by atoms with Crippen molar-refractivity contribution in [2.75, 3.05) is 36.1 Å². The van der Waals surface area contributed by atoms with Crippen molar-refractivity contribution < 1.29 is 23.7 Å². The predicted octanol–water partition coefficient (Wildman–Crippen LogP) is 12.2. The SMILES string of the molecule is Nc1cccc(Oc2ccc(C(COCC(c3ccc(Oc4cccc(N)c4)cc3)c3ccc(Oc4cccc(N)c4)cc3)c3ccc(Oc4cccc(N)c4)cc3)cc2)c1. The minimum absolute atomic E-state index is 0.119. The van der Waals surface area contributed by atoms with Crippen LogP contribution in [0, 0.1) is 0 Å². The zero-order valence-corrected chi connectivity index (χ0v) is 33.4. The third kappa shape index (κ3) is 10.8. The summed E-state index contributed by atoms with van der Waals surface area (Å²) in [7, 11) is 0. The van der Waals surface area contributed by atoms with Crippen molar-refractivity contribution in [2.24, 2.45) is 0 Å². The van der Waals surface area contributed by atoms with Gasteiger partial charge in [0, 0.05) is 58.9 Å². The average molecular weight is 807 g/mol. The van der Waals surface area contributed by atoms with Crippen LogP contribution in [0.2, 0.25) is 0 Å². The van der Waals surface area contributed by atoms with Gasteiger partial charge in [-0.15, -0.1) is 0 Å². The van der Waals surface area contributed by atoms with E-state index >= 15 is 0 Å². The fraction of sp³-hybridized carbons (Fsp3) is 0.0769. The smallest absolute Gasteiger partial charge is 0.129 e. The second-order valence-electron chi connectivity index (χ2n) is 14.6. The molecule has 61 heavy (non-hydrogen) atoms. The van der Waals surface area contributed by atoms with E-state index in [0.29, 0.717) is 82.0 Å². The summed E-state index contributed by atoms with van der Waals surface area (Å²) in [5.74, 6) is 5.24. The fourth-order valence-electron chi connectivity index (χ4n) is 7.00. The maximum Gasteiger partial charge on any atom is 0.129 e. The van der Waals surface area contributed by atoms with E-state index in [1.165, 1.54) is 0 Å². The highest BCUT2D eigenvalue weighted by Gasteiger charge is 2.20. The molecule has 8 aromatic carbocycles. The molecule has 9 nitrogen and oxygen atoms in total. The zero-order valence-electron chi connectivity index (χ0n) is 33.4. The van der Waals surface area contributed by atoms with Crippen LogP contribution in [-0.2, 0) is 4.74 Å². The van der Waals surface area contributed by atoms with Crippen LogP contribution in [0.1, 0.15) is 34.1 Å². The second kappa shape index (κ2) is 18.8. The molecule has 0 aromatic heterocycles. The van der Waals surface area contributed by atoms with Crippen molar-refractivity contribution in [3.63, 3.8) is 0 Å². The molecular formula is C52H46N4O5. The van der Waals surface area contributed by atoms with Crippen LogP contribution in [0.25, 0.3) is 0 Å². The number of benzene rings is 8. The molecule has 0 saturated carbocycles. The summed E-state index contributed by atoms with van der Waals surface area (Å²) in [4.78, 5) is 0. The molecule has 8 rings (SSSR count). The minimum Gasteiger partial charge on any atom is -0.457 e. The molecule has 0 bridgehead atoms. The number of nitrogens with two attached hydrogens (primary N) is 4. The van der Waals surface area contributed by atoms with Gasteiger partial charge in [-0.2, -0.15) is 0 Å². The predicted molar refractivity (Wildman–Crippen MR) is 244 cm³/mol. The number of anilines is 4. The molecule has 0 saturated heterocycles. The van der Waals surface area contributed by atoms with Gasteiger partial charge in [-0.1, -0.05) is 72.8 Å². The standard InChI is InChI=1S/C52H46N4O5/c53-39-5-1-9-47(29-39)58-43-21-13-35(14-22-43)51(36-15-23-44(24-16-36)59-48-10-2-6-40(54)30-48)33-57-34-52(37-17-25-45(26-18-37)60-49-11-3-7-41(55)31-49)38-19-27-46(28-20-38)61-50-12-4-8-42(56)32-50/h1-32,51-52H,33-34,53-56H2. The van der Waals surface area contributed by atoms with E-state index in [1.54, 1.807) is 24.3 Å². The van der Waals surface area contributed by atoms with Gasteiger partial charge in [-0.3, -0.25) is 0 Å². The van der Waals surface area contributed by atoms with Gasteiger partial charge >= 0.3 is 0 Å². The topological polar surface area (TPSA) is 150 Å². The molecule has 8 N–H and O–H groups in total. The molecule has 0 aliphatic carbocycles. The van der Waals surface area contributed by atoms with Crippen LogP contribution < -0.4 is 41.9 Å². The summed E-state index contributed by atoms with van der Waals surface area (Å²) in [5, 5.41) is 0. The maximum absolute atomic E-state index is 6.75. The van der Waals surface area contributed by atoms with E-state index in [0.717, 1.165) is 22.3 Å². The van der Waals surface area contributed by atoms with E-state index in [1.807, 2.05) is 121 Å². The lowest BCUT2D eigenvalue weighted by molar-refractivity contribution is 0.121. The Hall–Kier alpha value is -7.88. The third-order valence-corrected chi connectivity index (χ3v) is 10.1. The first-order valence-electron chi connectivity index (χ1n) is 19.9. The summed E-state index contributed by atoms with van der Waals surface area (Å²) in [6, 6.07) is 61.8. The summed E-state index contributed by atoms with van der Waals surface area (Å²) >= 11 is 0. The van der Waals surface area contributed by atoms with Crippen molar-refractivity contribution in [1.82, 2.24) is 0 Å². The minimum atomic E-state index is -0.119. The third-order valence-electron chi connectivity index (χ3n) is 10.1. The molecule has 0 unspecified atom stereocenters. The van der Waals surface area contributed by atoms with Crippen molar-refractivity contribution >= 4 is 22.7 Å². The van der Waals surface area contributed by atoms with Gasteiger partial charge in [-0.05, 0) is 119 Å². The van der Waals surface area contributed by atoms with Gasteiger partial charge in [0.05, 0.1) is 13.2 Å². The van der Waals surface area contributed by atoms with Crippen LogP contribution in [0.3, 0.4) is 0 Å². The van der Waals surface area contributed by atoms with Crippen LogP contribution >= 0.6 is 0 Å². The normalized spacial score (nSPS) is 11.0. The van der Waals surface area contributed by atoms with E-state index in [4.69, 9.17) is 46.6 Å². The Morgan fingerprint density at radius 2 is 0.508 bits per heavy atom. The van der Waals surface area contributed by atoms with Crippen LogP contribution in [0.5, 0.6) is 46.0 Å². The monoisotopic (exact) mass is 806 g/mol. The lowest BCUT2D eigenvalue weighted by Gasteiger charge is -2.23. The molecule has 0 fully saturated rings. The molecule has 0 aliphatic heterocycles. The maximum atomic E-state index is 6.75. The van der Waals surface area contributed by atoms with E-state index in [-0.39, 0.29) is 11.8 Å². The van der Waals surface area contributed by atoms with Crippen LogP contribution in [0.4, 0.5) is 22.7 Å². The molecule has 0 atom stereocenters. The Morgan fingerprint density at radius 3 is 0.721 bits per heavy atom. The molecule has 0 radical (unpaired) electrons. The highest BCUT2D eigenvalue weighted by atomic mass is 16.5. The highest BCUT2D eigenvalue weighted by molar-refractivity contribution is 5.50. The Kier molecular flexibility index (Phi) is 12.3. The number of hydrogen-bond donors (Lipinski definition) is 4. The molecular weight excluding hydrogens is 761 g/mol. The average Bonchev–Trinajstić information content (AvgIpc) is 3.26. The van der Waals surface area contributed by atoms with Gasteiger partial charge in [0.2, 0.25) is 0 Å². The highest BCUT2D eigenvalue weighted by Crippen LogP contribution is 2.35. The van der Waals surface area contributed by atoms with Gasteiger partial charge in [0.15, 0.2) is 0 Å². The van der Waals surface area contributed by atoms with Crippen molar-refractivity contribution in [2.45, 2.75) is 11.8 Å². The van der Waals surface area contributed by atoms with E-state index in [2.05, 4.69) is 48.5 Å². The lowest BCUT2D eigenvalue weighted by Crippen LogP contribution is -2.15. The van der Waals surface area contributed by atoms with Gasteiger partial charge in [0.1, 0.15) is 46.0 Å². The molecule has 9 heteroatoms. The molecule has 8 aromatic rings. The molecule has 0 spiro atoms. The molecule has 304 valence electrons. The second-order valence-corrected chi connectivity index (χ2v) is 14.6. The van der Waals surface area contributed by atoms with Gasteiger partial charge < -0.3 is 46.6 Å². The van der Waals surface area contributed by atoms with Crippen molar-refractivity contribution in [1.29, 1.82) is 0 Å². The summed E-state index contributed by atoms with van der Waals surface area (Å²) in [6.07, 6.45) is 0. The number of nitrogen functional groups attached to an aromatic ring is 4. The Bertz CT molecular complexity index is 2300. The Morgan fingerprint density at radius 1 is 0.279 bits per heavy atom. The molecule has 0 aliphatic rings. The molecule has 0 amide bonds. The summed E-state index contributed by atoms with van der Waals surface area (Å²) in [5.41, 5.74) is 30.8. The van der Waals surface area contributed by atoms with Gasteiger partial charge in [-0.25, -0.2) is 0 Å². The van der Waals surface area contributed by atoms with Crippen LogP contribution in [-0.4, -0.2) is 13.2 Å². The summed E-state index contributed by atoms with van der Waals surface area (Å²) < 4.78 is 31.2. The van der Waals surface area contributed by atoms with E-state index < -0.39 is 0 Å². The fourth-order valence-corrected chi connectivity index (χ4v) is 7.00. The quantitative estimate of drug-likeness (QED) is 0.0700. The van der Waals surface area contributed by atoms with Crippen LogP contribution in [0.15, 0.2) is 194 Å². The van der Waals surface area contributed by atoms with Crippen molar-refractivity contribution in [3.05, 3.63) is 216 Å². The number of rotatable bonds is 16. The first-order valence-corrected chi connectivity index (χ1v) is 19.9. The first kappa shape index (κ1) is 39.9. The number of ether oxygens (including phenoxy) is 5. The lowest BCUT2D eigenvalue weighted by atomic mass is 9.90. The zero-order chi connectivity index (χ0) is 42.0. The van der Waals surface area contributed by atoms with Crippen molar-refractivity contribution in [3.8, 4) is 46.0 Å².